The van der Waals surface area contributed by atoms with Crippen LogP contribution in [0.2, 0.25) is 0 Å². The Morgan fingerprint density at radius 2 is 1.88 bits per heavy atom. The van der Waals surface area contributed by atoms with Crippen molar-refractivity contribution in [2.24, 2.45) is 5.73 Å². The highest BCUT2D eigenvalue weighted by Gasteiger charge is 2.17. The van der Waals surface area contributed by atoms with Crippen LogP contribution >= 0.6 is 0 Å². The summed E-state index contributed by atoms with van der Waals surface area (Å²) in [7, 11) is 1.65. The largest absolute Gasteiger partial charge is 0.382 e. The Labute approximate surface area is 193 Å². The molecule has 172 valence electrons. The van der Waals surface area contributed by atoms with Crippen molar-refractivity contribution >= 4 is 28.8 Å². The van der Waals surface area contributed by atoms with Crippen LogP contribution in [0.5, 0.6) is 0 Å². The van der Waals surface area contributed by atoms with Crippen LogP contribution in [-0.2, 0) is 9.47 Å². The molecule has 2 heterocycles. The molecule has 1 aliphatic rings. The summed E-state index contributed by atoms with van der Waals surface area (Å²) in [6.45, 7) is 3.71. The van der Waals surface area contributed by atoms with Crippen molar-refractivity contribution in [1.29, 1.82) is 0 Å². The second-order valence-corrected chi connectivity index (χ2v) is 7.81. The van der Waals surface area contributed by atoms with Crippen LogP contribution < -0.4 is 21.3 Å². The maximum atomic E-state index is 12.0. The van der Waals surface area contributed by atoms with Gasteiger partial charge in [-0.3, -0.25) is 4.79 Å². The van der Waals surface area contributed by atoms with E-state index in [1.807, 2.05) is 42.5 Å². The summed E-state index contributed by atoms with van der Waals surface area (Å²) in [6.07, 6.45) is 1.49. The number of morpholine rings is 1. The lowest BCUT2D eigenvalue weighted by Gasteiger charge is -2.28. The van der Waals surface area contributed by atoms with Crippen LogP contribution in [0.15, 0.2) is 66.9 Å². The van der Waals surface area contributed by atoms with E-state index < -0.39 is 5.91 Å². The van der Waals surface area contributed by atoms with Crippen LogP contribution in [0.1, 0.15) is 22.0 Å². The third kappa shape index (κ3) is 5.79. The quantitative estimate of drug-likeness (QED) is 0.461. The molecule has 4 rings (SSSR count). The van der Waals surface area contributed by atoms with E-state index in [0.29, 0.717) is 23.7 Å². The molecule has 8 nitrogen and oxygen atoms in total. The Hall–Kier alpha value is -3.62. The number of carbonyl (C=O) groups is 1. The number of aromatic nitrogens is 1. The number of benzene rings is 2. The molecule has 0 radical (unpaired) electrons. The molecule has 1 saturated heterocycles. The standard InChI is InChI=1S/C25H29N5O3/c1-32-17-23(18-5-3-2-4-6-18)29-22-15-24(27-16-21(22)25(26)31)28-19-7-9-20(10-8-19)30-11-13-33-14-12-30/h2-10,15-16,23H,11-14,17H2,1H3,(H2,26,31)(H2,27,28,29)/t23-/m1/s1. The number of hydrogen-bond donors (Lipinski definition) is 3. The zero-order chi connectivity index (χ0) is 23.0. The number of anilines is 4. The van der Waals surface area contributed by atoms with Crippen molar-refractivity contribution < 1.29 is 14.3 Å². The van der Waals surface area contributed by atoms with Gasteiger partial charge in [-0.2, -0.15) is 0 Å². The first-order valence-electron chi connectivity index (χ1n) is 10.9. The maximum absolute atomic E-state index is 12.0. The van der Waals surface area contributed by atoms with Gasteiger partial charge in [-0.25, -0.2) is 4.98 Å². The van der Waals surface area contributed by atoms with E-state index >= 15 is 0 Å². The number of nitrogens with zero attached hydrogens (tertiary/aromatic N) is 2. The minimum Gasteiger partial charge on any atom is -0.382 e. The van der Waals surface area contributed by atoms with Crippen molar-refractivity contribution in [1.82, 2.24) is 4.98 Å². The molecule has 0 saturated carbocycles. The molecule has 0 aliphatic carbocycles. The van der Waals surface area contributed by atoms with Crippen LogP contribution in [0.25, 0.3) is 0 Å². The molecule has 33 heavy (non-hydrogen) atoms. The fraction of sp³-hybridized carbons (Fsp3) is 0.280. The summed E-state index contributed by atoms with van der Waals surface area (Å²) in [4.78, 5) is 18.7. The normalized spacial score (nSPS) is 14.5. The molecule has 3 aromatic rings. The Bertz CT molecular complexity index is 1050. The van der Waals surface area contributed by atoms with Gasteiger partial charge in [0.05, 0.1) is 37.1 Å². The fourth-order valence-electron chi connectivity index (χ4n) is 3.83. The highest BCUT2D eigenvalue weighted by Crippen LogP contribution is 2.27. The maximum Gasteiger partial charge on any atom is 0.252 e. The van der Waals surface area contributed by atoms with Gasteiger partial charge in [0.2, 0.25) is 0 Å². The summed E-state index contributed by atoms with van der Waals surface area (Å²) < 4.78 is 10.8. The first-order valence-corrected chi connectivity index (χ1v) is 10.9. The Kier molecular flexibility index (Phi) is 7.39. The first-order chi connectivity index (χ1) is 16.1. The highest BCUT2D eigenvalue weighted by atomic mass is 16.5. The van der Waals surface area contributed by atoms with Crippen molar-refractivity contribution in [3.05, 3.63) is 78.0 Å². The van der Waals surface area contributed by atoms with Crippen molar-refractivity contribution in [3.63, 3.8) is 0 Å². The molecule has 8 heteroatoms. The second kappa shape index (κ2) is 10.8. The Morgan fingerprint density at radius 1 is 1.15 bits per heavy atom. The van der Waals surface area contributed by atoms with E-state index in [0.717, 1.165) is 43.2 Å². The average Bonchev–Trinajstić information content (AvgIpc) is 2.85. The van der Waals surface area contributed by atoms with Gasteiger partial charge < -0.3 is 30.7 Å². The number of methoxy groups -OCH3 is 1. The van der Waals surface area contributed by atoms with E-state index in [9.17, 15) is 4.79 Å². The Balaban J connectivity index is 1.53. The van der Waals surface area contributed by atoms with Gasteiger partial charge in [0.25, 0.3) is 5.91 Å². The van der Waals surface area contributed by atoms with E-state index in [-0.39, 0.29) is 6.04 Å². The molecule has 4 N–H and O–H groups in total. The topological polar surface area (TPSA) is 102 Å². The monoisotopic (exact) mass is 447 g/mol. The van der Waals surface area contributed by atoms with E-state index in [1.54, 1.807) is 13.2 Å². The van der Waals surface area contributed by atoms with Crippen molar-refractivity contribution in [3.8, 4) is 0 Å². The van der Waals surface area contributed by atoms with Gasteiger partial charge in [0.15, 0.2) is 0 Å². The lowest BCUT2D eigenvalue weighted by molar-refractivity contribution is 0.100. The molecule has 1 aliphatic heterocycles. The summed E-state index contributed by atoms with van der Waals surface area (Å²) in [5.41, 5.74) is 9.62. The number of hydrogen-bond acceptors (Lipinski definition) is 7. The molecular weight excluding hydrogens is 418 g/mol. The molecule has 1 fully saturated rings. The molecule has 2 aromatic carbocycles. The minimum atomic E-state index is -0.546. The summed E-state index contributed by atoms with van der Waals surface area (Å²) in [5.74, 6) is 0.0569. The zero-order valence-electron chi connectivity index (χ0n) is 18.7. The van der Waals surface area contributed by atoms with Crippen molar-refractivity contribution in [2.75, 3.05) is 55.6 Å². The summed E-state index contributed by atoms with van der Waals surface area (Å²) in [6, 6.07) is 19.7. The Morgan fingerprint density at radius 3 is 2.55 bits per heavy atom. The smallest absolute Gasteiger partial charge is 0.252 e. The second-order valence-electron chi connectivity index (χ2n) is 7.81. The van der Waals surface area contributed by atoms with Gasteiger partial charge in [0, 0.05) is 43.8 Å². The fourth-order valence-corrected chi connectivity index (χ4v) is 3.83. The van der Waals surface area contributed by atoms with Gasteiger partial charge >= 0.3 is 0 Å². The summed E-state index contributed by atoms with van der Waals surface area (Å²) in [5, 5.41) is 6.71. The van der Waals surface area contributed by atoms with Crippen molar-refractivity contribution in [2.45, 2.75) is 6.04 Å². The van der Waals surface area contributed by atoms with E-state index in [1.165, 1.54) is 6.20 Å². The number of carbonyl (C=O) groups excluding carboxylic acids is 1. The van der Waals surface area contributed by atoms with Crippen LogP contribution in [-0.4, -0.2) is 50.9 Å². The number of nitrogens with two attached hydrogens (primary N) is 1. The van der Waals surface area contributed by atoms with E-state index in [2.05, 4.69) is 32.7 Å². The zero-order valence-corrected chi connectivity index (χ0v) is 18.7. The number of nitrogens with one attached hydrogen (secondary N) is 2. The molecule has 0 unspecified atom stereocenters. The average molecular weight is 448 g/mol. The number of primary amides is 1. The lowest BCUT2D eigenvalue weighted by Crippen LogP contribution is -2.36. The number of rotatable bonds is 9. The molecule has 0 bridgehead atoms. The lowest BCUT2D eigenvalue weighted by atomic mass is 10.1. The van der Waals surface area contributed by atoms with Gasteiger partial charge in [0.1, 0.15) is 5.82 Å². The third-order valence-corrected chi connectivity index (χ3v) is 5.55. The molecule has 1 aromatic heterocycles. The van der Waals surface area contributed by atoms with Crippen LogP contribution in [0, 0.1) is 0 Å². The third-order valence-electron chi connectivity index (χ3n) is 5.55. The van der Waals surface area contributed by atoms with Gasteiger partial charge in [-0.05, 0) is 29.8 Å². The molecular formula is C25H29N5O3. The number of ether oxygens (including phenoxy) is 2. The SMILES string of the molecule is COC[C@@H](Nc1cc(Nc2ccc(N3CCOCC3)cc2)ncc1C(N)=O)c1ccccc1. The predicted octanol–water partition coefficient (Wildman–Crippen LogP) is 3.56. The van der Waals surface area contributed by atoms with Crippen LogP contribution in [0.3, 0.4) is 0 Å². The minimum absolute atomic E-state index is 0.155. The summed E-state index contributed by atoms with van der Waals surface area (Å²) >= 11 is 0. The van der Waals surface area contributed by atoms with Crippen LogP contribution in [0.4, 0.5) is 22.9 Å². The van der Waals surface area contributed by atoms with Gasteiger partial charge in [-0.1, -0.05) is 30.3 Å². The number of pyridine rings is 1. The molecule has 1 atom stereocenters. The highest BCUT2D eigenvalue weighted by molar-refractivity contribution is 5.98. The predicted molar refractivity (Wildman–Crippen MR) is 130 cm³/mol. The first kappa shape index (κ1) is 22.6. The number of amides is 1. The molecule has 1 amide bonds. The van der Waals surface area contributed by atoms with E-state index in [4.69, 9.17) is 15.2 Å². The molecule has 0 spiro atoms. The van der Waals surface area contributed by atoms with Gasteiger partial charge in [-0.15, -0.1) is 0 Å².